The van der Waals surface area contributed by atoms with Crippen molar-refractivity contribution >= 4 is 29.2 Å². The summed E-state index contributed by atoms with van der Waals surface area (Å²) in [6.45, 7) is 0.853. The number of cyclic esters (lactones) is 1. The second-order valence-electron chi connectivity index (χ2n) is 5.73. The fourth-order valence-electron chi connectivity index (χ4n) is 2.66. The molecule has 1 aromatic rings. The van der Waals surface area contributed by atoms with Crippen molar-refractivity contribution in [1.82, 2.24) is 5.32 Å². The first-order chi connectivity index (χ1) is 11.1. The van der Waals surface area contributed by atoms with E-state index in [2.05, 4.69) is 11.4 Å². The summed E-state index contributed by atoms with van der Waals surface area (Å²) in [7, 11) is 1.48. The van der Waals surface area contributed by atoms with Crippen LogP contribution in [0.4, 0.5) is 10.5 Å². The van der Waals surface area contributed by atoms with E-state index in [1.54, 1.807) is 4.90 Å². The molecule has 7 heteroatoms. The van der Waals surface area contributed by atoms with Crippen LogP contribution in [0.2, 0.25) is 0 Å². The summed E-state index contributed by atoms with van der Waals surface area (Å²) < 4.78 is 10.2. The lowest BCUT2D eigenvalue weighted by molar-refractivity contribution is 0.142. The van der Waals surface area contributed by atoms with Gasteiger partial charge >= 0.3 is 6.09 Å². The highest BCUT2D eigenvalue weighted by atomic mass is 32.1. The van der Waals surface area contributed by atoms with Gasteiger partial charge in [-0.15, -0.1) is 0 Å². The van der Waals surface area contributed by atoms with E-state index in [0.29, 0.717) is 13.1 Å². The second-order valence-corrected chi connectivity index (χ2v) is 6.10. The normalized spacial score (nSPS) is 21.3. The number of hydrogen-bond donors (Lipinski definition) is 1. The van der Waals surface area contributed by atoms with Crippen molar-refractivity contribution in [3.8, 4) is 6.07 Å². The van der Waals surface area contributed by atoms with E-state index in [1.807, 2.05) is 24.3 Å². The fourth-order valence-corrected chi connectivity index (χ4v) is 2.74. The van der Waals surface area contributed by atoms with E-state index >= 15 is 0 Å². The van der Waals surface area contributed by atoms with Gasteiger partial charge in [0.15, 0.2) is 0 Å². The van der Waals surface area contributed by atoms with Gasteiger partial charge in [0.25, 0.3) is 5.17 Å². The summed E-state index contributed by atoms with van der Waals surface area (Å²) >= 11 is 4.89. The van der Waals surface area contributed by atoms with Crippen molar-refractivity contribution in [3.05, 3.63) is 29.8 Å². The number of carbonyl (C=O) groups is 1. The molecule has 2 aliphatic rings. The first-order valence-corrected chi connectivity index (χ1v) is 7.80. The van der Waals surface area contributed by atoms with Crippen molar-refractivity contribution in [2.45, 2.75) is 24.4 Å². The molecule has 1 aliphatic carbocycles. The molecule has 120 valence electrons. The maximum Gasteiger partial charge on any atom is 0.414 e. The van der Waals surface area contributed by atoms with E-state index in [1.165, 1.54) is 7.11 Å². The van der Waals surface area contributed by atoms with Crippen molar-refractivity contribution < 1.29 is 14.3 Å². The zero-order valence-electron chi connectivity index (χ0n) is 12.7. The molecule has 1 N–H and O–H groups in total. The smallest absolute Gasteiger partial charge is 0.414 e. The first kappa shape index (κ1) is 15.6. The average molecular weight is 331 g/mol. The van der Waals surface area contributed by atoms with Gasteiger partial charge in [0, 0.05) is 5.69 Å². The molecule has 1 aromatic carbocycles. The van der Waals surface area contributed by atoms with Crippen molar-refractivity contribution in [2.24, 2.45) is 0 Å². The molecule has 0 radical (unpaired) electrons. The minimum Gasteiger partial charge on any atom is -0.474 e. The monoisotopic (exact) mass is 331 g/mol. The van der Waals surface area contributed by atoms with E-state index < -0.39 is 0 Å². The molecule has 1 saturated heterocycles. The van der Waals surface area contributed by atoms with Gasteiger partial charge in [-0.05, 0) is 42.8 Å². The lowest BCUT2D eigenvalue weighted by Crippen LogP contribution is -2.34. The van der Waals surface area contributed by atoms with Gasteiger partial charge in [0.1, 0.15) is 6.10 Å². The molecule has 0 spiro atoms. The Hall–Kier alpha value is -2.33. The number of methoxy groups -OCH3 is 1. The van der Waals surface area contributed by atoms with Gasteiger partial charge < -0.3 is 14.8 Å². The van der Waals surface area contributed by atoms with Gasteiger partial charge in [-0.25, -0.2) is 4.79 Å². The zero-order chi connectivity index (χ0) is 16.4. The van der Waals surface area contributed by atoms with Gasteiger partial charge in [0.2, 0.25) is 0 Å². The van der Waals surface area contributed by atoms with E-state index in [9.17, 15) is 10.1 Å². The van der Waals surface area contributed by atoms with Crippen molar-refractivity contribution in [1.29, 1.82) is 5.26 Å². The highest BCUT2D eigenvalue weighted by Crippen LogP contribution is 2.47. The molecule has 1 aliphatic heterocycles. The quantitative estimate of drug-likeness (QED) is 0.852. The zero-order valence-corrected chi connectivity index (χ0v) is 13.6. The van der Waals surface area contributed by atoms with Crippen molar-refractivity contribution in [2.75, 3.05) is 25.1 Å². The second kappa shape index (κ2) is 6.05. The Balaban J connectivity index is 1.64. The predicted octanol–water partition coefficient (Wildman–Crippen LogP) is 2.09. The van der Waals surface area contributed by atoms with Crippen LogP contribution in [0.15, 0.2) is 24.3 Å². The maximum atomic E-state index is 12.0. The minimum atomic E-state index is -0.380. The Morgan fingerprint density at radius 3 is 2.78 bits per heavy atom. The van der Waals surface area contributed by atoms with E-state index in [0.717, 1.165) is 24.1 Å². The van der Waals surface area contributed by atoms with Crippen molar-refractivity contribution in [3.63, 3.8) is 0 Å². The summed E-state index contributed by atoms with van der Waals surface area (Å²) in [5, 5.41) is 12.4. The molecule has 0 bridgehead atoms. The van der Waals surface area contributed by atoms with Crippen LogP contribution >= 0.6 is 12.2 Å². The number of thiocarbonyl (C=S) groups is 1. The lowest BCUT2D eigenvalue weighted by Gasteiger charge is -2.15. The Kier molecular flexibility index (Phi) is 4.09. The number of ether oxygens (including phenoxy) is 2. The van der Waals surface area contributed by atoms with Gasteiger partial charge in [-0.3, -0.25) is 4.90 Å². The van der Waals surface area contributed by atoms with Crippen LogP contribution in [0.1, 0.15) is 18.4 Å². The van der Waals surface area contributed by atoms with Gasteiger partial charge in [0.05, 0.1) is 31.7 Å². The number of carbonyl (C=O) groups excluding carboxylic acids is 1. The van der Waals surface area contributed by atoms with Crippen LogP contribution in [0.3, 0.4) is 0 Å². The third kappa shape index (κ3) is 3.08. The summed E-state index contributed by atoms with van der Waals surface area (Å²) in [5.41, 5.74) is 1.47. The molecule has 23 heavy (non-hydrogen) atoms. The van der Waals surface area contributed by atoms with Crippen LogP contribution < -0.4 is 10.2 Å². The number of benzene rings is 1. The van der Waals surface area contributed by atoms with Crippen LogP contribution in [-0.4, -0.2) is 37.6 Å². The van der Waals surface area contributed by atoms with E-state index in [4.69, 9.17) is 21.7 Å². The van der Waals surface area contributed by atoms with Gasteiger partial charge in [-0.2, -0.15) is 5.26 Å². The highest BCUT2D eigenvalue weighted by molar-refractivity contribution is 7.80. The molecule has 6 nitrogen and oxygen atoms in total. The van der Waals surface area contributed by atoms with Crippen LogP contribution in [0, 0.1) is 11.3 Å². The SMILES string of the molecule is COC(=S)NC[C@H]1CN(c2ccc(C3(C#N)CC3)cc2)C(=O)O1. The fraction of sp³-hybridized carbons (Fsp3) is 0.438. The molecular formula is C16H17N3O3S. The maximum absolute atomic E-state index is 12.0. The molecule has 1 amide bonds. The van der Waals surface area contributed by atoms with Gasteiger partial charge in [-0.1, -0.05) is 12.1 Å². The number of anilines is 1. The number of nitrogens with one attached hydrogen (secondary N) is 1. The predicted molar refractivity (Wildman–Crippen MR) is 88.2 cm³/mol. The number of nitriles is 1. The standard InChI is InChI=1S/C16H17N3O3S/c1-21-14(23)18-8-13-9-19(15(20)22-13)12-4-2-11(3-5-12)16(10-17)6-7-16/h2-5,13H,6-9H2,1H3,(H,18,23)/t13-/m0/s1. The lowest BCUT2D eigenvalue weighted by atomic mass is 9.97. The summed E-state index contributed by atoms with van der Waals surface area (Å²) in [5.74, 6) is 0. The Morgan fingerprint density at radius 1 is 1.52 bits per heavy atom. The molecule has 1 heterocycles. The molecule has 1 atom stereocenters. The highest BCUT2D eigenvalue weighted by Gasteiger charge is 2.44. The molecule has 1 saturated carbocycles. The Morgan fingerprint density at radius 2 is 2.22 bits per heavy atom. The molecular weight excluding hydrogens is 314 g/mol. The third-order valence-electron chi connectivity index (χ3n) is 4.23. The molecule has 0 unspecified atom stereocenters. The Labute approximate surface area is 140 Å². The van der Waals surface area contributed by atoms with Crippen LogP contribution in [-0.2, 0) is 14.9 Å². The number of amides is 1. The average Bonchev–Trinajstić information content (AvgIpc) is 3.30. The summed E-state index contributed by atoms with van der Waals surface area (Å²) in [4.78, 5) is 13.6. The van der Waals surface area contributed by atoms with Crippen LogP contribution in [0.25, 0.3) is 0 Å². The molecule has 0 aromatic heterocycles. The van der Waals surface area contributed by atoms with Crippen LogP contribution in [0.5, 0.6) is 0 Å². The number of rotatable bonds is 4. The summed E-state index contributed by atoms with van der Waals surface area (Å²) in [6, 6.07) is 9.94. The minimum absolute atomic E-state index is 0.273. The molecule has 2 fully saturated rings. The first-order valence-electron chi connectivity index (χ1n) is 7.40. The summed E-state index contributed by atoms with van der Waals surface area (Å²) in [6.07, 6.45) is 1.14. The number of nitrogens with zero attached hydrogens (tertiary/aromatic N) is 2. The number of hydrogen-bond acceptors (Lipinski definition) is 5. The largest absolute Gasteiger partial charge is 0.474 e. The molecule has 3 rings (SSSR count). The Bertz CT molecular complexity index is 664. The topological polar surface area (TPSA) is 74.6 Å². The third-order valence-corrected chi connectivity index (χ3v) is 4.54. The van der Waals surface area contributed by atoms with E-state index in [-0.39, 0.29) is 22.8 Å².